The summed E-state index contributed by atoms with van der Waals surface area (Å²) in [6, 6.07) is 15.8. The smallest absolute Gasteiger partial charge is 0.193 e. The molecule has 2 aromatic rings. The van der Waals surface area contributed by atoms with Gasteiger partial charge in [0.1, 0.15) is 5.82 Å². The van der Waals surface area contributed by atoms with Gasteiger partial charge in [-0.2, -0.15) is 0 Å². The summed E-state index contributed by atoms with van der Waals surface area (Å²) in [6.45, 7) is 1.17. The molecule has 0 fully saturated rings. The maximum atomic E-state index is 13.0. The molecule has 25 heavy (non-hydrogen) atoms. The molecule has 1 atom stereocenters. The van der Waals surface area contributed by atoms with Crippen molar-refractivity contribution in [2.45, 2.75) is 11.4 Å². The Hall–Kier alpha value is -1.48. The maximum absolute atomic E-state index is 13.0. The summed E-state index contributed by atoms with van der Waals surface area (Å²) in [6.07, 6.45) is 0. The SMILES string of the molecule is CN=C(NCCS(=O)c1ccccc1)N(C)Cc1ccc(F)cc1.I. The average Bonchev–Trinajstić information content (AvgIpc) is 2.61. The Morgan fingerprint density at radius 3 is 2.40 bits per heavy atom. The van der Waals surface area contributed by atoms with Crippen LogP contribution in [0.15, 0.2) is 64.5 Å². The number of hydrogen-bond acceptors (Lipinski definition) is 2. The molecule has 0 radical (unpaired) electrons. The summed E-state index contributed by atoms with van der Waals surface area (Å²) in [5, 5.41) is 3.21. The topological polar surface area (TPSA) is 44.7 Å². The molecule has 0 amide bonds. The van der Waals surface area contributed by atoms with Crippen molar-refractivity contribution in [3.05, 3.63) is 66.0 Å². The van der Waals surface area contributed by atoms with Crippen LogP contribution in [0.3, 0.4) is 0 Å². The van der Waals surface area contributed by atoms with Gasteiger partial charge in [-0.1, -0.05) is 30.3 Å². The van der Waals surface area contributed by atoms with Crippen molar-refractivity contribution >= 4 is 40.7 Å². The molecular weight excluding hydrogens is 452 g/mol. The van der Waals surface area contributed by atoms with E-state index in [1.165, 1.54) is 12.1 Å². The molecule has 0 aromatic heterocycles. The third-order valence-electron chi connectivity index (χ3n) is 3.48. The Labute approximate surface area is 168 Å². The number of hydrogen-bond donors (Lipinski definition) is 1. The van der Waals surface area contributed by atoms with Gasteiger partial charge in [0.15, 0.2) is 5.96 Å². The van der Waals surface area contributed by atoms with Crippen LogP contribution in [0.2, 0.25) is 0 Å². The molecule has 0 spiro atoms. The lowest BCUT2D eigenvalue weighted by Crippen LogP contribution is -2.40. The molecule has 0 saturated heterocycles. The summed E-state index contributed by atoms with van der Waals surface area (Å²) in [7, 11) is 2.58. The second-order valence-corrected chi connectivity index (χ2v) is 6.89. The fourth-order valence-corrected chi connectivity index (χ4v) is 3.25. The highest BCUT2D eigenvalue weighted by Gasteiger charge is 2.08. The first-order chi connectivity index (χ1) is 11.6. The van der Waals surface area contributed by atoms with Crippen molar-refractivity contribution in [2.24, 2.45) is 4.99 Å². The van der Waals surface area contributed by atoms with Crippen LogP contribution in [0.4, 0.5) is 4.39 Å². The first-order valence-corrected chi connectivity index (χ1v) is 9.01. The standard InChI is InChI=1S/C18H22FN3OS.HI/c1-20-18(22(2)14-15-8-10-16(19)11-9-15)21-12-13-24(23)17-6-4-3-5-7-17;/h3-11H,12-14H2,1-2H3,(H,20,21);1H. The van der Waals surface area contributed by atoms with Gasteiger partial charge in [-0.3, -0.25) is 9.20 Å². The van der Waals surface area contributed by atoms with E-state index in [4.69, 9.17) is 0 Å². The Bertz CT molecular complexity index is 695. The lowest BCUT2D eigenvalue weighted by Gasteiger charge is -2.22. The molecule has 2 aromatic carbocycles. The highest BCUT2D eigenvalue weighted by atomic mass is 127. The first kappa shape index (κ1) is 21.6. The van der Waals surface area contributed by atoms with Crippen LogP contribution in [0.1, 0.15) is 5.56 Å². The Balaban J connectivity index is 0.00000312. The molecule has 1 N–H and O–H groups in total. The van der Waals surface area contributed by atoms with E-state index in [0.29, 0.717) is 24.8 Å². The minimum absolute atomic E-state index is 0. The fraction of sp³-hybridized carbons (Fsp3) is 0.278. The van der Waals surface area contributed by atoms with Crippen LogP contribution in [-0.4, -0.2) is 41.5 Å². The summed E-state index contributed by atoms with van der Waals surface area (Å²) in [5.41, 5.74) is 0.995. The van der Waals surface area contributed by atoms with E-state index >= 15 is 0 Å². The van der Waals surface area contributed by atoms with Gasteiger partial charge in [0.2, 0.25) is 0 Å². The molecular formula is C18H23FIN3OS. The number of nitrogens with zero attached hydrogens (tertiary/aromatic N) is 2. The number of benzene rings is 2. The minimum atomic E-state index is -1.03. The second kappa shape index (κ2) is 11.2. The van der Waals surface area contributed by atoms with E-state index < -0.39 is 10.8 Å². The van der Waals surface area contributed by atoms with Crippen LogP contribution >= 0.6 is 24.0 Å². The molecule has 136 valence electrons. The van der Waals surface area contributed by atoms with Crippen molar-refractivity contribution in [3.63, 3.8) is 0 Å². The van der Waals surface area contributed by atoms with E-state index in [1.54, 1.807) is 19.2 Å². The molecule has 0 saturated carbocycles. The van der Waals surface area contributed by atoms with Gasteiger partial charge in [0, 0.05) is 37.8 Å². The number of rotatable bonds is 6. The number of aliphatic imine (C=N–C) groups is 1. The van der Waals surface area contributed by atoms with Crippen molar-refractivity contribution in [1.29, 1.82) is 0 Å². The van der Waals surface area contributed by atoms with Crippen molar-refractivity contribution in [2.75, 3.05) is 26.4 Å². The van der Waals surface area contributed by atoms with Crippen molar-refractivity contribution in [3.8, 4) is 0 Å². The highest BCUT2D eigenvalue weighted by Crippen LogP contribution is 2.06. The molecule has 7 heteroatoms. The van der Waals surface area contributed by atoms with E-state index in [9.17, 15) is 8.60 Å². The van der Waals surface area contributed by atoms with E-state index in [-0.39, 0.29) is 29.8 Å². The van der Waals surface area contributed by atoms with Crippen LogP contribution in [-0.2, 0) is 17.3 Å². The Morgan fingerprint density at radius 1 is 1.16 bits per heavy atom. The van der Waals surface area contributed by atoms with Gasteiger partial charge >= 0.3 is 0 Å². The van der Waals surface area contributed by atoms with Crippen LogP contribution in [0.5, 0.6) is 0 Å². The van der Waals surface area contributed by atoms with E-state index in [0.717, 1.165) is 10.5 Å². The molecule has 2 rings (SSSR count). The zero-order chi connectivity index (χ0) is 17.4. The van der Waals surface area contributed by atoms with Crippen LogP contribution in [0.25, 0.3) is 0 Å². The molecule has 4 nitrogen and oxygen atoms in total. The Morgan fingerprint density at radius 2 is 1.80 bits per heavy atom. The lowest BCUT2D eigenvalue weighted by atomic mass is 10.2. The van der Waals surface area contributed by atoms with Crippen LogP contribution < -0.4 is 5.32 Å². The van der Waals surface area contributed by atoms with E-state index in [1.807, 2.05) is 42.3 Å². The molecule has 0 aliphatic heterocycles. The van der Waals surface area contributed by atoms with Gasteiger partial charge in [-0.15, -0.1) is 24.0 Å². The number of halogens is 2. The molecule has 0 aliphatic carbocycles. The highest BCUT2D eigenvalue weighted by molar-refractivity contribution is 14.0. The molecule has 0 heterocycles. The summed E-state index contributed by atoms with van der Waals surface area (Å²) < 4.78 is 25.1. The normalized spacial score (nSPS) is 12.2. The third-order valence-corrected chi connectivity index (χ3v) is 4.86. The fourth-order valence-electron chi connectivity index (χ4n) is 2.27. The minimum Gasteiger partial charge on any atom is -0.355 e. The number of guanidine groups is 1. The van der Waals surface area contributed by atoms with E-state index in [2.05, 4.69) is 10.3 Å². The molecule has 0 aliphatic rings. The monoisotopic (exact) mass is 475 g/mol. The zero-order valence-corrected chi connectivity index (χ0v) is 17.5. The quantitative estimate of drug-likeness (QED) is 0.397. The zero-order valence-electron chi connectivity index (χ0n) is 14.3. The number of nitrogens with one attached hydrogen (secondary N) is 1. The maximum Gasteiger partial charge on any atom is 0.193 e. The van der Waals surface area contributed by atoms with Gasteiger partial charge in [-0.05, 0) is 29.8 Å². The largest absolute Gasteiger partial charge is 0.355 e. The van der Waals surface area contributed by atoms with Crippen LogP contribution in [0, 0.1) is 5.82 Å². The lowest BCUT2D eigenvalue weighted by molar-refractivity contribution is 0.478. The van der Waals surface area contributed by atoms with Gasteiger partial charge in [-0.25, -0.2) is 4.39 Å². The predicted octanol–water partition coefficient (Wildman–Crippen LogP) is 3.26. The van der Waals surface area contributed by atoms with Gasteiger partial charge in [0.05, 0.1) is 10.8 Å². The molecule has 0 bridgehead atoms. The van der Waals surface area contributed by atoms with Gasteiger partial charge < -0.3 is 10.2 Å². The average molecular weight is 475 g/mol. The van der Waals surface area contributed by atoms with Crippen molar-refractivity contribution < 1.29 is 8.60 Å². The Kier molecular flexibility index (Phi) is 9.66. The second-order valence-electron chi connectivity index (χ2n) is 5.32. The van der Waals surface area contributed by atoms with Gasteiger partial charge in [0.25, 0.3) is 0 Å². The first-order valence-electron chi connectivity index (χ1n) is 7.70. The third kappa shape index (κ3) is 7.11. The summed E-state index contributed by atoms with van der Waals surface area (Å²) in [5.74, 6) is 0.977. The van der Waals surface area contributed by atoms with Crippen molar-refractivity contribution in [1.82, 2.24) is 10.2 Å². The summed E-state index contributed by atoms with van der Waals surface area (Å²) >= 11 is 0. The molecule has 1 unspecified atom stereocenters. The summed E-state index contributed by atoms with van der Waals surface area (Å²) in [4.78, 5) is 7.00. The predicted molar refractivity (Wildman–Crippen MR) is 112 cm³/mol.